The van der Waals surface area contributed by atoms with Crippen LogP contribution < -0.4 is 0 Å². The van der Waals surface area contributed by atoms with Crippen LogP contribution in [-0.2, 0) is 9.47 Å². The molecular weight excluding hydrogens is 492 g/mol. The molecule has 5 rings (SSSR count). The molecule has 5 aliphatic rings. The lowest BCUT2D eigenvalue weighted by molar-refractivity contribution is -0.303. The molecule has 0 radical (unpaired) electrons. The number of ether oxygens (including phenoxy) is 2. The number of aliphatic hydroxyl groups excluding tert-OH is 4. The Kier molecular flexibility index (Phi) is 8.87. The highest BCUT2D eigenvalue weighted by atomic mass is 16.7. The molecule has 1 aliphatic heterocycles. The van der Waals surface area contributed by atoms with Crippen LogP contribution in [0.15, 0.2) is 0 Å². The Labute approximate surface area is 237 Å². The molecule has 0 amide bonds. The summed E-state index contributed by atoms with van der Waals surface area (Å²) in [6.45, 7) is 11.5. The first kappa shape index (κ1) is 30.2. The SMILES string of the molecule is CC(C)CCC[C@@H](C)[C@H]1CC[C@H]2[C@@H]3CC[C@H]4C[C@@H](O[C@@]5(CO)O[C@@H](CO)[C@H](O)[C@H]5O)CC[C@]4(C)[C@H]3CC[C@]12C. The first-order valence-electron chi connectivity index (χ1n) is 16.4. The molecular formula is C33H58O6. The molecule has 4 N–H and O–H groups in total. The van der Waals surface area contributed by atoms with Crippen LogP contribution in [0.5, 0.6) is 0 Å². The van der Waals surface area contributed by atoms with Gasteiger partial charge in [-0.25, -0.2) is 0 Å². The van der Waals surface area contributed by atoms with Gasteiger partial charge in [-0.15, -0.1) is 0 Å². The van der Waals surface area contributed by atoms with Crippen molar-refractivity contribution >= 4 is 0 Å². The Balaban J connectivity index is 1.23. The molecule has 1 heterocycles. The van der Waals surface area contributed by atoms with E-state index in [-0.39, 0.29) is 6.10 Å². The Morgan fingerprint density at radius 3 is 2.26 bits per heavy atom. The van der Waals surface area contributed by atoms with Crippen LogP contribution >= 0.6 is 0 Å². The second-order valence-electron chi connectivity index (χ2n) is 15.4. The van der Waals surface area contributed by atoms with Gasteiger partial charge < -0.3 is 29.9 Å². The van der Waals surface area contributed by atoms with Crippen LogP contribution in [0.25, 0.3) is 0 Å². The van der Waals surface area contributed by atoms with Crippen molar-refractivity contribution in [3.05, 3.63) is 0 Å². The van der Waals surface area contributed by atoms with Crippen molar-refractivity contribution in [1.29, 1.82) is 0 Å². The van der Waals surface area contributed by atoms with E-state index in [2.05, 4.69) is 34.6 Å². The van der Waals surface area contributed by atoms with Crippen molar-refractivity contribution in [2.45, 2.75) is 142 Å². The Bertz CT molecular complexity index is 835. The molecule has 4 saturated carbocycles. The van der Waals surface area contributed by atoms with E-state index in [0.29, 0.717) is 16.7 Å². The van der Waals surface area contributed by atoms with Crippen molar-refractivity contribution < 1.29 is 29.9 Å². The minimum absolute atomic E-state index is 0.123. The van der Waals surface area contributed by atoms with Crippen molar-refractivity contribution in [1.82, 2.24) is 0 Å². The van der Waals surface area contributed by atoms with E-state index in [0.717, 1.165) is 54.8 Å². The summed E-state index contributed by atoms with van der Waals surface area (Å²) in [5.41, 5.74) is 0.829. The summed E-state index contributed by atoms with van der Waals surface area (Å²) < 4.78 is 12.0. The molecule has 0 aromatic rings. The normalized spacial score (nSPS) is 50.5. The molecule has 13 atom stereocenters. The van der Waals surface area contributed by atoms with Gasteiger partial charge in [0.25, 0.3) is 0 Å². The topological polar surface area (TPSA) is 99.4 Å². The molecule has 0 aromatic heterocycles. The van der Waals surface area contributed by atoms with E-state index in [1.807, 2.05) is 0 Å². The molecule has 0 aromatic carbocycles. The number of hydrogen-bond acceptors (Lipinski definition) is 6. The highest BCUT2D eigenvalue weighted by Crippen LogP contribution is 2.68. The molecule has 4 aliphatic carbocycles. The molecule has 0 unspecified atom stereocenters. The zero-order valence-electron chi connectivity index (χ0n) is 25.4. The Morgan fingerprint density at radius 2 is 1.59 bits per heavy atom. The van der Waals surface area contributed by atoms with Gasteiger partial charge in [0.1, 0.15) is 24.9 Å². The monoisotopic (exact) mass is 550 g/mol. The van der Waals surface area contributed by atoms with E-state index in [1.54, 1.807) is 0 Å². The zero-order valence-corrected chi connectivity index (χ0v) is 25.4. The van der Waals surface area contributed by atoms with Crippen LogP contribution in [0.1, 0.15) is 112 Å². The molecule has 0 spiro atoms. The number of hydrogen-bond donors (Lipinski definition) is 4. The Hall–Kier alpha value is -0.240. The van der Waals surface area contributed by atoms with Crippen molar-refractivity contribution in [2.75, 3.05) is 13.2 Å². The smallest absolute Gasteiger partial charge is 0.221 e. The Morgan fingerprint density at radius 1 is 0.872 bits per heavy atom. The van der Waals surface area contributed by atoms with Crippen molar-refractivity contribution in [2.24, 2.45) is 52.3 Å². The lowest BCUT2D eigenvalue weighted by Gasteiger charge is -2.61. The summed E-state index contributed by atoms with van der Waals surface area (Å²) >= 11 is 0. The van der Waals surface area contributed by atoms with E-state index < -0.39 is 37.3 Å². The third-order valence-corrected chi connectivity index (χ3v) is 13.1. The fourth-order valence-electron chi connectivity index (χ4n) is 10.9. The molecule has 6 heteroatoms. The van der Waals surface area contributed by atoms with E-state index in [1.165, 1.54) is 57.8 Å². The molecule has 1 saturated heterocycles. The lowest BCUT2D eigenvalue weighted by atomic mass is 9.44. The van der Waals surface area contributed by atoms with Crippen molar-refractivity contribution in [3.8, 4) is 0 Å². The maximum atomic E-state index is 10.7. The van der Waals surface area contributed by atoms with Gasteiger partial charge in [-0.1, -0.05) is 53.9 Å². The predicted molar refractivity (Wildman–Crippen MR) is 152 cm³/mol. The number of rotatable bonds is 9. The number of fused-ring (bicyclic) bond motifs is 5. The summed E-state index contributed by atoms with van der Waals surface area (Å²) in [7, 11) is 0. The fraction of sp³-hybridized carbons (Fsp3) is 1.00. The third-order valence-electron chi connectivity index (χ3n) is 13.1. The minimum atomic E-state index is -1.65. The first-order valence-corrected chi connectivity index (χ1v) is 16.4. The second-order valence-corrected chi connectivity index (χ2v) is 15.4. The quantitative estimate of drug-likeness (QED) is 0.311. The molecule has 6 nitrogen and oxygen atoms in total. The van der Waals surface area contributed by atoms with Gasteiger partial charge in [-0.2, -0.15) is 0 Å². The van der Waals surface area contributed by atoms with Gasteiger partial charge in [0, 0.05) is 0 Å². The van der Waals surface area contributed by atoms with E-state index in [9.17, 15) is 20.4 Å². The van der Waals surface area contributed by atoms with Gasteiger partial charge >= 0.3 is 0 Å². The summed E-state index contributed by atoms with van der Waals surface area (Å²) in [5.74, 6) is 3.95. The first-order chi connectivity index (χ1) is 18.5. The average molecular weight is 551 g/mol. The number of aliphatic hydroxyl groups is 4. The van der Waals surface area contributed by atoms with Crippen LogP contribution in [0, 0.1) is 52.3 Å². The van der Waals surface area contributed by atoms with E-state index >= 15 is 0 Å². The van der Waals surface area contributed by atoms with Crippen molar-refractivity contribution in [3.63, 3.8) is 0 Å². The highest BCUT2D eigenvalue weighted by molar-refractivity contribution is 5.10. The third kappa shape index (κ3) is 5.16. The highest BCUT2D eigenvalue weighted by Gasteiger charge is 2.62. The van der Waals surface area contributed by atoms with Gasteiger partial charge in [0.05, 0.1) is 12.7 Å². The minimum Gasteiger partial charge on any atom is -0.394 e. The largest absolute Gasteiger partial charge is 0.394 e. The van der Waals surface area contributed by atoms with Crippen LogP contribution in [0.3, 0.4) is 0 Å². The average Bonchev–Trinajstić information content (AvgIpc) is 3.38. The van der Waals surface area contributed by atoms with Crippen LogP contribution in [0.2, 0.25) is 0 Å². The van der Waals surface area contributed by atoms with Crippen LogP contribution in [-0.4, -0.2) is 63.8 Å². The second kappa shape index (κ2) is 11.4. The maximum Gasteiger partial charge on any atom is 0.221 e. The summed E-state index contributed by atoms with van der Waals surface area (Å²) in [4.78, 5) is 0. The molecule has 5 fully saturated rings. The fourth-order valence-corrected chi connectivity index (χ4v) is 10.9. The summed E-state index contributed by atoms with van der Waals surface area (Å²) in [6, 6.07) is 0. The van der Waals surface area contributed by atoms with Gasteiger partial charge in [0.15, 0.2) is 0 Å². The summed E-state index contributed by atoms with van der Waals surface area (Å²) in [6.07, 6.45) is 11.5. The molecule has 226 valence electrons. The maximum absolute atomic E-state index is 10.7. The molecule has 0 bridgehead atoms. The summed E-state index contributed by atoms with van der Waals surface area (Å²) in [5, 5.41) is 40.6. The molecule has 39 heavy (non-hydrogen) atoms. The lowest BCUT2D eigenvalue weighted by Crippen LogP contribution is -2.56. The van der Waals surface area contributed by atoms with Crippen LogP contribution in [0.4, 0.5) is 0 Å². The zero-order chi connectivity index (χ0) is 28.2. The van der Waals surface area contributed by atoms with E-state index in [4.69, 9.17) is 9.47 Å². The van der Waals surface area contributed by atoms with Gasteiger partial charge in [0.2, 0.25) is 5.79 Å². The predicted octanol–water partition coefficient (Wildman–Crippen LogP) is 5.29. The van der Waals surface area contributed by atoms with Gasteiger partial charge in [-0.3, -0.25) is 0 Å². The van der Waals surface area contributed by atoms with Gasteiger partial charge in [-0.05, 0) is 110 Å². The standard InChI is InChI=1S/C33H58O6/c1-20(2)7-6-8-21(3)25-11-12-26-24-10-9-22-17-23(13-15-31(22,4)27(24)14-16-32(25,26)5)38-33(19-35)30(37)29(36)28(18-34)39-33/h20-30,34-37H,6-19H2,1-5H3/t21-,22+,23+,24+,25-,26+,27+,28+,29+,30-,31+,32-,33+/m1/s1.